The van der Waals surface area contributed by atoms with Crippen molar-refractivity contribution in [2.45, 2.75) is 26.3 Å². The molecule has 4 rings (SSSR count). The highest BCUT2D eigenvalue weighted by Gasteiger charge is 2.26. The maximum atomic E-state index is 13.3. The molecule has 0 aromatic heterocycles. The molecule has 0 aliphatic carbocycles. The van der Waals surface area contributed by atoms with Crippen LogP contribution in [0.2, 0.25) is 5.02 Å². The molecule has 1 heterocycles. The van der Waals surface area contributed by atoms with Gasteiger partial charge in [-0.1, -0.05) is 66.2 Å². The van der Waals surface area contributed by atoms with Crippen LogP contribution >= 0.6 is 11.6 Å². The molecule has 1 N–H and O–H groups in total. The Morgan fingerprint density at radius 1 is 0.882 bits per heavy atom. The molecule has 3 aromatic rings. The Kier molecular flexibility index (Phi) is 7.53. The highest BCUT2D eigenvalue weighted by molar-refractivity contribution is 6.33. The first-order chi connectivity index (χ1) is 16.4. The standard InChI is InChI=1S/C28H30ClN3O2/c1-20-9-8-14-26(21(20)2)31-15-17-32(18-16-31)27(33)19-25(22-10-4-3-5-11-22)30-28(34)23-12-6-7-13-24(23)29/h3-14,25H,15-19H2,1-2H3,(H,30,34)/t25-/m0/s1. The van der Waals surface area contributed by atoms with Crippen molar-refractivity contribution in [2.75, 3.05) is 31.1 Å². The maximum absolute atomic E-state index is 13.3. The van der Waals surface area contributed by atoms with Crippen molar-refractivity contribution in [1.29, 1.82) is 0 Å². The summed E-state index contributed by atoms with van der Waals surface area (Å²) in [6, 6.07) is 22.5. The topological polar surface area (TPSA) is 52.6 Å². The molecule has 0 saturated carbocycles. The molecular weight excluding hydrogens is 446 g/mol. The molecule has 34 heavy (non-hydrogen) atoms. The van der Waals surface area contributed by atoms with Crippen molar-refractivity contribution >= 4 is 29.1 Å². The molecule has 1 aliphatic heterocycles. The van der Waals surface area contributed by atoms with Crippen LogP contribution in [0.3, 0.4) is 0 Å². The van der Waals surface area contributed by atoms with Gasteiger partial charge in [0, 0.05) is 31.9 Å². The third kappa shape index (κ3) is 5.42. The number of piperazine rings is 1. The first-order valence-electron chi connectivity index (χ1n) is 11.6. The molecule has 2 amide bonds. The minimum atomic E-state index is -0.436. The second-order valence-electron chi connectivity index (χ2n) is 8.71. The Balaban J connectivity index is 1.43. The Morgan fingerprint density at radius 3 is 2.26 bits per heavy atom. The number of anilines is 1. The van der Waals surface area contributed by atoms with Gasteiger partial charge in [-0.05, 0) is 48.7 Å². The summed E-state index contributed by atoms with van der Waals surface area (Å²) in [7, 11) is 0. The fourth-order valence-electron chi connectivity index (χ4n) is 4.40. The number of hydrogen-bond acceptors (Lipinski definition) is 3. The van der Waals surface area contributed by atoms with E-state index in [1.54, 1.807) is 24.3 Å². The van der Waals surface area contributed by atoms with Crippen LogP contribution in [-0.4, -0.2) is 42.9 Å². The monoisotopic (exact) mass is 475 g/mol. The van der Waals surface area contributed by atoms with Gasteiger partial charge in [0.25, 0.3) is 5.91 Å². The van der Waals surface area contributed by atoms with E-state index in [9.17, 15) is 9.59 Å². The largest absolute Gasteiger partial charge is 0.368 e. The first kappa shape index (κ1) is 23.8. The molecule has 3 aromatic carbocycles. The van der Waals surface area contributed by atoms with Crippen LogP contribution in [0.5, 0.6) is 0 Å². The number of hydrogen-bond donors (Lipinski definition) is 1. The van der Waals surface area contributed by atoms with Crippen LogP contribution in [0, 0.1) is 13.8 Å². The van der Waals surface area contributed by atoms with Crippen molar-refractivity contribution < 1.29 is 9.59 Å². The van der Waals surface area contributed by atoms with Gasteiger partial charge in [0.2, 0.25) is 5.91 Å². The quantitative estimate of drug-likeness (QED) is 0.535. The molecule has 0 bridgehead atoms. The number of aryl methyl sites for hydroxylation is 1. The SMILES string of the molecule is Cc1cccc(N2CCN(C(=O)C[C@H](NC(=O)c3ccccc3Cl)c3ccccc3)CC2)c1C. The predicted molar refractivity (Wildman–Crippen MR) is 137 cm³/mol. The predicted octanol–water partition coefficient (Wildman–Crippen LogP) is 5.17. The van der Waals surface area contributed by atoms with Crippen LogP contribution in [0.15, 0.2) is 72.8 Å². The molecule has 0 radical (unpaired) electrons. The summed E-state index contributed by atoms with van der Waals surface area (Å²) in [5.74, 6) is -0.249. The van der Waals surface area contributed by atoms with Gasteiger partial charge in [-0.3, -0.25) is 9.59 Å². The fourth-order valence-corrected chi connectivity index (χ4v) is 4.62. The molecule has 176 valence electrons. The van der Waals surface area contributed by atoms with Crippen LogP contribution in [0.25, 0.3) is 0 Å². The number of halogens is 1. The molecule has 0 spiro atoms. The zero-order chi connectivity index (χ0) is 24.1. The number of nitrogens with zero attached hydrogens (tertiary/aromatic N) is 2. The third-order valence-electron chi connectivity index (χ3n) is 6.55. The van der Waals surface area contributed by atoms with Crippen molar-refractivity contribution in [3.63, 3.8) is 0 Å². The lowest BCUT2D eigenvalue weighted by Gasteiger charge is -2.37. The molecule has 6 heteroatoms. The zero-order valence-corrected chi connectivity index (χ0v) is 20.4. The Bertz CT molecular complexity index is 1160. The Labute approximate surface area is 206 Å². The minimum absolute atomic E-state index is 0.0360. The van der Waals surface area contributed by atoms with Crippen LogP contribution < -0.4 is 10.2 Å². The summed E-state index contributed by atoms with van der Waals surface area (Å²) < 4.78 is 0. The normalized spacial score (nSPS) is 14.6. The Hall–Kier alpha value is -3.31. The number of amides is 2. The summed E-state index contributed by atoms with van der Waals surface area (Å²) in [5.41, 5.74) is 5.09. The summed E-state index contributed by atoms with van der Waals surface area (Å²) >= 11 is 6.22. The zero-order valence-electron chi connectivity index (χ0n) is 19.6. The summed E-state index contributed by atoms with van der Waals surface area (Å²) in [4.78, 5) is 30.4. The van der Waals surface area contributed by atoms with Gasteiger partial charge in [0.1, 0.15) is 0 Å². The Morgan fingerprint density at radius 2 is 1.56 bits per heavy atom. The van der Waals surface area contributed by atoms with Crippen molar-refractivity contribution in [3.05, 3.63) is 100 Å². The van der Waals surface area contributed by atoms with E-state index in [0.717, 1.165) is 18.7 Å². The lowest BCUT2D eigenvalue weighted by molar-refractivity contribution is -0.132. The lowest BCUT2D eigenvalue weighted by atomic mass is 10.0. The van der Waals surface area contributed by atoms with E-state index in [0.29, 0.717) is 23.7 Å². The van der Waals surface area contributed by atoms with Gasteiger partial charge in [-0.15, -0.1) is 0 Å². The highest BCUT2D eigenvalue weighted by Crippen LogP contribution is 2.25. The van der Waals surface area contributed by atoms with E-state index in [2.05, 4.69) is 42.3 Å². The average Bonchev–Trinajstić information content (AvgIpc) is 2.86. The lowest BCUT2D eigenvalue weighted by Crippen LogP contribution is -2.49. The highest BCUT2D eigenvalue weighted by atomic mass is 35.5. The molecule has 0 unspecified atom stereocenters. The van der Waals surface area contributed by atoms with Gasteiger partial charge < -0.3 is 15.1 Å². The van der Waals surface area contributed by atoms with E-state index in [1.807, 2.05) is 35.2 Å². The van der Waals surface area contributed by atoms with E-state index in [4.69, 9.17) is 11.6 Å². The van der Waals surface area contributed by atoms with Crippen LogP contribution in [-0.2, 0) is 4.79 Å². The molecule has 1 aliphatic rings. The minimum Gasteiger partial charge on any atom is -0.368 e. The van der Waals surface area contributed by atoms with E-state index >= 15 is 0 Å². The van der Waals surface area contributed by atoms with Gasteiger partial charge in [-0.2, -0.15) is 0 Å². The summed E-state index contributed by atoms with van der Waals surface area (Å²) in [5, 5.41) is 3.42. The third-order valence-corrected chi connectivity index (χ3v) is 6.88. The fraction of sp³-hybridized carbons (Fsp3) is 0.286. The average molecular weight is 476 g/mol. The van der Waals surface area contributed by atoms with Gasteiger partial charge in [0.05, 0.1) is 23.0 Å². The number of carbonyl (C=O) groups is 2. The number of benzene rings is 3. The van der Waals surface area contributed by atoms with E-state index < -0.39 is 6.04 Å². The first-order valence-corrected chi connectivity index (χ1v) is 12.0. The second-order valence-corrected chi connectivity index (χ2v) is 9.11. The molecule has 1 atom stereocenters. The smallest absolute Gasteiger partial charge is 0.253 e. The van der Waals surface area contributed by atoms with Gasteiger partial charge in [-0.25, -0.2) is 0 Å². The molecule has 1 saturated heterocycles. The van der Waals surface area contributed by atoms with Crippen molar-refractivity contribution in [2.24, 2.45) is 0 Å². The summed E-state index contributed by atoms with van der Waals surface area (Å²) in [6.45, 7) is 7.17. The summed E-state index contributed by atoms with van der Waals surface area (Å²) in [6.07, 6.45) is 0.198. The number of carbonyl (C=O) groups excluding carboxylic acids is 2. The molecule has 5 nitrogen and oxygen atoms in total. The van der Waals surface area contributed by atoms with Crippen LogP contribution in [0.1, 0.15) is 39.5 Å². The molecular formula is C28H30ClN3O2. The number of rotatable bonds is 6. The maximum Gasteiger partial charge on any atom is 0.253 e. The van der Waals surface area contributed by atoms with Gasteiger partial charge in [0.15, 0.2) is 0 Å². The van der Waals surface area contributed by atoms with Crippen molar-refractivity contribution in [1.82, 2.24) is 10.2 Å². The van der Waals surface area contributed by atoms with E-state index in [-0.39, 0.29) is 18.2 Å². The molecule has 1 fully saturated rings. The number of nitrogens with one attached hydrogen (secondary N) is 1. The van der Waals surface area contributed by atoms with Crippen LogP contribution in [0.4, 0.5) is 5.69 Å². The second kappa shape index (κ2) is 10.7. The van der Waals surface area contributed by atoms with Gasteiger partial charge >= 0.3 is 0 Å². The van der Waals surface area contributed by atoms with E-state index in [1.165, 1.54) is 16.8 Å². The van der Waals surface area contributed by atoms with Crippen molar-refractivity contribution in [3.8, 4) is 0 Å².